The number of likely N-dealkylation sites (tertiary alicyclic amines) is 1. The lowest BCUT2D eigenvalue weighted by Crippen LogP contribution is -2.44. The third-order valence-electron chi connectivity index (χ3n) is 6.45. The zero-order valence-corrected chi connectivity index (χ0v) is 18.6. The maximum atomic E-state index is 12.6. The van der Waals surface area contributed by atoms with E-state index in [9.17, 15) is 21.6 Å². The Labute approximate surface area is 178 Å². The van der Waals surface area contributed by atoms with Crippen molar-refractivity contribution in [3.8, 4) is 0 Å². The van der Waals surface area contributed by atoms with Crippen LogP contribution in [-0.2, 0) is 24.7 Å². The third kappa shape index (κ3) is 4.71. The van der Waals surface area contributed by atoms with Crippen molar-refractivity contribution in [3.05, 3.63) is 24.3 Å². The summed E-state index contributed by atoms with van der Waals surface area (Å²) in [6.45, 7) is 2.58. The van der Waals surface area contributed by atoms with Gasteiger partial charge in [-0.3, -0.25) is 9.69 Å². The van der Waals surface area contributed by atoms with Crippen molar-refractivity contribution in [2.24, 2.45) is 5.92 Å². The van der Waals surface area contributed by atoms with E-state index in [1.807, 2.05) is 0 Å². The molecular weight excluding hydrogens is 426 g/mol. The summed E-state index contributed by atoms with van der Waals surface area (Å²) < 4.78 is 50.1. The lowest BCUT2D eigenvalue weighted by atomic mass is 9.94. The van der Waals surface area contributed by atoms with E-state index in [1.165, 1.54) is 4.31 Å². The largest absolute Gasteiger partial charge is 0.326 e. The van der Waals surface area contributed by atoms with E-state index >= 15 is 0 Å². The lowest BCUT2D eigenvalue weighted by Gasteiger charge is -2.34. The Morgan fingerprint density at radius 1 is 0.967 bits per heavy atom. The molecule has 0 spiro atoms. The third-order valence-corrected chi connectivity index (χ3v) is 10.1. The second kappa shape index (κ2) is 8.57. The number of hydrogen-bond donors (Lipinski definition) is 1. The molecule has 8 nitrogen and oxygen atoms in total. The standard InChI is InChI=1S/C20H29N3O5S2/c24-20(16-7-12-22(13-8-16)18-9-14-29(25,26)15-18)21-17-3-5-19(6-4-17)30(27,28)23-10-1-2-11-23/h3-6,16,18H,1-2,7-15H2,(H,21,24). The van der Waals surface area contributed by atoms with E-state index in [0.29, 0.717) is 38.0 Å². The van der Waals surface area contributed by atoms with E-state index in [4.69, 9.17) is 0 Å². The van der Waals surface area contributed by atoms with Crippen molar-refractivity contribution >= 4 is 31.5 Å². The molecule has 3 heterocycles. The molecule has 0 saturated carbocycles. The first-order valence-electron chi connectivity index (χ1n) is 10.6. The number of anilines is 1. The first-order chi connectivity index (χ1) is 14.2. The van der Waals surface area contributed by atoms with Crippen LogP contribution < -0.4 is 5.32 Å². The molecule has 3 saturated heterocycles. The summed E-state index contributed by atoms with van der Waals surface area (Å²) in [5, 5.41) is 2.90. The molecule has 0 bridgehead atoms. The summed E-state index contributed by atoms with van der Waals surface area (Å²) in [7, 11) is -6.36. The number of nitrogens with one attached hydrogen (secondary N) is 1. The monoisotopic (exact) mass is 455 g/mol. The fourth-order valence-electron chi connectivity index (χ4n) is 4.62. The molecule has 1 atom stereocenters. The van der Waals surface area contributed by atoms with Crippen LogP contribution in [0.3, 0.4) is 0 Å². The van der Waals surface area contributed by atoms with Crippen molar-refractivity contribution in [2.45, 2.75) is 43.0 Å². The highest BCUT2D eigenvalue weighted by atomic mass is 32.2. The van der Waals surface area contributed by atoms with Crippen molar-refractivity contribution in [1.29, 1.82) is 0 Å². The van der Waals surface area contributed by atoms with Gasteiger partial charge in [0.2, 0.25) is 15.9 Å². The zero-order valence-electron chi connectivity index (χ0n) is 17.0. The van der Waals surface area contributed by atoms with Crippen LogP contribution in [0, 0.1) is 5.92 Å². The number of nitrogens with zero attached hydrogens (tertiary/aromatic N) is 2. The van der Waals surface area contributed by atoms with Gasteiger partial charge in [-0.05, 0) is 69.5 Å². The fourth-order valence-corrected chi connectivity index (χ4v) is 7.90. The number of sulfone groups is 1. The number of rotatable bonds is 5. The minimum absolute atomic E-state index is 0.0659. The summed E-state index contributed by atoms with van der Waals surface area (Å²) >= 11 is 0. The molecule has 3 aliphatic heterocycles. The molecule has 166 valence electrons. The molecule has 10 heteroatoms. The minimum Gasteiger partial charge on any atom is -0.326 e. The molecule has 3 aliphatic rings. The van der Waals surface area contributed by atoms with Gasteiger partial charge in [0.15, 0.2) is 9.84 Å². The van der Waals surface area contributed by atoms with Gasteiger partial charge in [-0.2, -0.15) is 4.31 Å². The molecule has 0 aliphatic carbocycles. The van der Waals surface area contributed by atoms with E-state index in [1.54, 1.807) is 24.3 Å². The Kier molecular flexibility index (Phi) is 6.20. The Bertz CT molecular complexity index is 978. The van der Waals surface area contributed by atoms with E-state index in [-0.39, 0.29) is 34.3 Å². The molecule has 4 rings (SSSR count). The van der Waals surface area contributed by atoms with Gasteiger partial charge in [-0.15, -0.1) is 0 Å². The predicted molar refractivity (Wildman–Crippen MR) is 114 cm³/mol. The first kappa shape index (κ1) is 21.7. The quantitative estimate of drug-likeness (QED) is 0.718. The number of piperidine rings is 1. The van der Waals surface area contributed by atoms with E-state index in [2.05, 4.69) is 10.2 Å². The maximum absolute atomic E-state index is 12.6. The highest BCUT2D eigenvalue weighted by Crippen LogP contribution is 2.26. The van der Waals surface area contributed by atoms with Crippen LogP contribution in [0.2, 0.25) is 0 Å². The lowest BCUT2D eigenvalue weighted by molar-refractivity contribution is -0.121. The molecule has 0 aromatic heterocycles. The normalized spacial score (nSPS) is 26.1. The van der Waals surface area contributed by atoms with Gasteiger partial charge in [-0.1, -0.05) is 0 Å². The molecule has 3 fully saturated rings. The molecule has 30 heavy (non-hydrogen) atoms. The number of hydrogen-bond acceptors (Lipinski definition) is 6. The van der Waals surface area contributed by atoms with Gasteiger partial charge >= 0.3 is 0 Å². The summed E-state index contributed by atoms with van der Waals surface area (Å²) in [4.78, 5) is 15.1. The zero-order chi connectivity index (χ0) is 21.4. The van der Waals surface area contributed by atoms with Crippen LogP contribution in [0.4, 0.5) is 5.69 Å². The number of sulfonamides is 1. The average Bonchev–Trinajstić information content (AvgIpc) is 3.39. The summed E-state index contributed by atoms with van der Waals surface area (Å²) in [5.74, 6) is 0.314. The molecule has 1 aromatic carbocycles. The smallest absolute Gasteiger partial charge is 0.243 e. The van der Waals surface area contributed by atoms with Gasteiger partial charge in [-0.25, -0.2) is 16.8 Å². The highest BCUT2D eigenvalue weighted by Gasteiger charge is 2.35. The maximum Gasteiger partial charge on any atom is 0.243 e. The number of amides is 1. The number of benzene rings is 1. The van der Waals surface area contributed by atoms with E-state index in [0.717, 1.165) is 25.9 Å². The summed E-state index contributed by atoms with van der Waals surface area (Å²) in [5.41, 5.74) is 0.588. The Balaban J connectivity index is 1.30. The van der Waals surface area contributed by atoms with Crippen molar-refractivity contribution in [2.75, 3.05) is 43.0 Å². The van der Waals surface area contributed by atoms with Crippen molar-refractivity contribution in [3.63, 3.8) is 0 Å². The number of carbonyl (C=O) groups excluding carboxylic acids is 1. The minimum atomic E-state index is -3.45. The van der Waals surface area contributed by atoms with Crippen molar-refractivity contribution < 1.29 is 21.6 Å². The Hall–Kier alpha value is -1.49. The van der Waals surface area contributed by atoms with Crippen LogP contribution in [0.25, 0.3) is 0 Å². The Morgan fingerprint density at radius 3 is 2.17 bits per heavy atom. The predicted octanol–water partition coefficient (Wildman–Crippen LogP) is 1.31. The van der Waals surface area contributed by atoms with E-state index < -0.39 is 19.9 Å². The molecule has 1 amide bonds. The fraction of sp³-hybridized carbons (Fsp3) is 0.650. The highest BCUT2D eigenvalue weighted by molar-refractivity contribution is 7.91. The number of carbonyl (C=O) groups is 1. The van der Waals surface area contributed by atoms with Crippen LogP contribution in [0.5, 0.6) is 0 Å². The van der Waals surface area contributed by atoms with Gasteiger partial charge in [0.1, 0.15) is 0 Å². The van der Waals surface area contributed by atoms with Crippen LogP contribution in [0.15, 0.2) is 29.2 Å². The molecule has 1 N–H and O–H groups in total. The molecule has 1 unspecified atom stereocenters. The summed E-state index contributed by atoms with van der Waals surface area (Å²) in [6, 6.07) is 6.46. The van der Waals surface area contributed by atoms with Gasteiger partial charge in [0.25, 0.3) is 0 Å². The molecular formula is C20H29N3O5S2. The first-order valence-corrected chi connectivity index (χ1v) is 13.9. The molecule has 0 radical (unpaired) electrons. The van der Waals surface area contributed by atoms with Crippen LogP contribution >= 0.6 is 0 Å². The SMILES string of the molecule is O=C(Nc1ccc(S(=O)(=O)N2CCCC2)cc1)C1CCN(C2CCS(=O)(=O)C2)CC1. The van der Waals surface area contributed by atoms with Gasteiger partial charge in [0.05, 0.1) is 16.4 Å². The van der Waals surface area contributed by atoms with Crippen molar-refractivity contribution in [1.82, 2.24) is 9.21 Å². The van der Waals surface area contributed by atoms with Gasteiger partial charge in [0, 0.05) is 30.7 Å². The molecule has 1 aromatic rings. The average molecular weight is 456 g/mol. The topological polar surface area (TPSA) is 104 Å². The van der Waals surface area contributed by atoms with Gasteiger partial charge < -0.3 is 5.32 Å². The second-order valence-corrected chi connectivity index (χ2v) is 12.7. The second-order valence-electron chi connectivity index (χ2n) is 8.49. The Morgan fingerprint density at radius 2 is 1.60 bits per heavy atom. The van der Waals surface area contributed by atoms with Crippen LogP contribution in [-0.4, -0.2) is 75.7 Å². The summed E-state index contributed by atoms with van der Waals surface area (Å²) in [6.07, 6.45) is 3.87. The van der Waals surface area contributed by atoms with Crippen LogP contribution in [0.1, 0.15) is 32.1 Å².